The minimum atomic E-state index is 0.0789. The van der Waals surface area contributed by atoms with Gasteiger partial charge in [0.05, 0.1) is 12.6 Å². The molecule has 0 aromatic heterocycles. The van der Waals surface area contributed by atoms with Gasteiger partial charge in [-0.3, -0.25) is 4.90 Å². The topological polar surface area (TPSA) is 23.5 Å². The lowest BCUT2D eigenvalue weighted by Gasteiger charge is -2.37. The Kier molecular flexibility index (Phi) is 7.34. The van der Waals surface area contributed by atoms with Crippen LogP contribution in [-0.4, -0.2) is 28.7 Å². The Labute approximate surface area is 181 Å². The predicted molar refractivity (Wildman–Crippen MR) is 124 cm³/mol. The maximum Gasteiger partial charge on any atom is 0.0628 e. The van der Waals surface area contributed by atoms with Crippen molar-refractivity contribution in [3.05, 3.63) is 108 Å². The van der Waals surface area contributed by atoms with E-state index in [4.69, 9.17) is 0 Å². The second-order valence-electron chi connectivity index (χ2n) is 8.49. The fourth-order valence-electron chi connectivity index (χ4n) is 5.08. The third-order valence-electron chi connectivity index (χ3n) is 6.61. The first kappa shape index (κ1) is 20.8. The molecule has 0 spiro atoms. The lowest BCUT2D eigenvalue weighted by Crippen LogP contribution is -2.41. The molecule has 0 amide bonds. The van der Waals surface area contributed by atoms with Crippen LogP contribution in [0.3, 0.4) is 0 Å². The van der Waals surface area contributed by atoms with Gasteiger partial charge in [-0.05, 0) is 55.2 Å². The highest BCUT2D eigenvalue weighted by atomic mass is 16.3. The van der Waals surface area contributed by atoms with Crippen molar-refractivity contribution in [3.63, 3.8) is 0 Å². The number of benzene rings is 3. The van der Waals surface area contributed by atoms with E-state index >= 15 is 0 Å². The van der Waals surface area contributed by atoms with Crippen LogP contribution < -0.4 is 0 Å². The lowest BCUT2D eigenvalue weighted by molar-refractivity contribution is 0.0707. The zero-order chi connectivity index (χ0) is 20.6. The van der Waals surface area contributed by atoms with Crippen molar-refractivity contribution in [3.8, 4) is 0 Å². The molecule has 0 bridgehead atoms. The summed E-state index contributed by atoms with van der Waals surface area (Å²) in [4.78, 5) is 2.65. The van der Waals surface area contributed by atoms with Crippen LogP contribution in [0.2, 0.25) is 0 Å². The van der Waals surface area contributed by atoms with Gasteiger partial charge in [-0.1, -0.05) is 91.0 Å². The molecule has 156 valence electrons. The Bertz CT molecular complexity index is 813. The van der Waals surface area contributed by atoms with Gasteiger partial charge in [0.25, 0.3) is 0 Å². The van der Waals surface area contributed by atoms with E-state index < -0.39 is 0 Å². The molecule has 2 nitrogen and oxygen atoms in total. The van der Waals surface area contributed by atoms with E-state index in [1.54, 1.807) is 0 Å². The van der Waals surface area contributed by atoms with Gasteiger partial charge in [0.15, 0.2) is 0 Å². The third kappa shape index (κ3) is 5.19. The Morgan fingerprint density at radius 2 is 1.10 bits per heavy atom. The van der Waals surface area contributed by atoms with E-state index in [0.29, 0.717) is 12.1 Å². The zero-order valence-corrected chi connectivity index (χ0v) is 17.7. The monoisotopic (exact) mass is 399 g/mol. The minimum absolute atomic E-state index is 0.0789. The van der Waals surface area contributed by atoms with Crippen LogP contribution in [0.1, 0.15) is 48.4 Å². The summed E-state index contributed by atoms with van der Waals surface area (Å²) in [6.07, 6.45) is 6.93. The van der Waals surface area contributed by atoms with E-state index in [-0.39, 0.29) is 12.6 Å². The molecule has 1 aliphatic heterocycles. The molecule has 3 atom stereocenters. The minimum Gasteiger partial charge on any atom is -0.394 e. The number of rotatable bonds is 9. The number of aryl methyl sites for hydroxylation is 2. The highest BCUT2D eigenvalue weighted by Gasteiger charge is 2.37. The van der Waals surface area contributed by atoms with Crippen molar-refractivity contribution >= 4 is 0 Å². The number of aliphatic hydroxyl groups excluding tert-OH is 1. The van der Waals surface area contributed by atoms with Gasteiger partial charge in [-0.2, -0.15) is 0 Å². The molecule has 30 heavy (non-hydrogen) atoms. The summed E-state index contributed by atoms with van der Waals surface area (Å²) < 4.78 is 0. The molecule has 1 heterocycles. The van der Waals surface area contributed by atoms with Crippen molar-refractivity contribution in [1.29, 1.82) is 0 Å². The van der Waals surface area contributed by atoms with Gasteiger partial charge >= 0.3 is 0 Å². The number of hydrogen-bond acceptors (Lipinski definition) is 2. The summed E-state index contributed by atoms with van der Waals surface area (Å²) in [5, 5.41) is 10.4. The summed E-state index contributed by atoms with van der Waals surface area (Å²) in [5.41, 5.74) is 4.05. The van der Waals surface area contributed by atoms with Gasteiger partial charge in [-0.15, -0.1) is 0 Å². The first-order valence-electron chi connectivity index (χ1n) is 11.4. The Morgan fingerprint density at radius 1 is 0.667 bits per heavy atom. The van der Waals surface area contributed by atoms with Crippen molar-refractivity contribution < 1.29 is 5.11 Å². The van der Waals surface area contributed by atoms with Crippen LogP contribution in [0.5, 0.6) is 0 Å². The molecular weight excluding hydrogens is 366 g/mol. The largest absolute Gasteiger partial charge is 0.394 e. The molecule has 1 fully saturated rings. The van der Waals surface area contributed by atoms with Gasteiger partial charge in [0, 0.05) is 12.1 Å². The number of nitrogens with zero attached hydrogens (tertiary/aromatic N) is 1. The van der Waals surface area contributed by atoms with Crippen LogP contribution in [0.25, 0.3) is 0 Å². The third-order valence-corrected chi connectivity index (χ3v) is 6.61. The van der Waals surface area contributed by atoms with Gasteiger partial charge in [0.1, 0.15) is 0 Å². The molecular formula is C28H33NO. The van der Waals surface area contributed by atoms with Crippen LogP contribution >= 0.6 is 0 Å². The number of hydrogen-bond donors (Lipinski definition) is 1. The Hall–Kier alpha value is -2.42. The number of aliphatic hydroxyl groups is 1. The van der Waals surface area contributed by atoms with Crippen molar-refractivity contribution in [1.82, 2.24) is 4.90 Å². The SMILES string of the molecule is OC[C@@H](c1ccccc1)N1[C@H](CCc2ccccc2)CC[C@@H]1CCc1ccccc1. The summed E-state index contributed by atoms with van der Waals surface area (Å²) in [6.45, 7) is 0.174. The first-order valence-corrected chi connectivity index (χ1v) is 11.4. The Balaban J connectivity index is 1.51. The molecule has 4 rings (SSSR count). The highest BCUT2D eigenvalue weighted by Crippen LogP contribution is 2.37. The molecule has 3 aromatic carbocycles. The number of likely N-dealkylation sites (tertiary alicyclic amines) is 1. The van der Waals surface area contributed by atoms with E-state index in [2.05, 4.69) is 95.9 Å². The molecule has 0 radical (unpaired) electrons. The van der Waals surface area contributed by atoms with Crippen molar-refractivity contribution in [2.75, 3.05) is 6.61 Å². The van der Waals surface area contributed by atoms with Crippen LogP contribution in [-0.2, 0) is 12.8 Å². The molecule has 1 saturated heterocycles. The maximum absolute atomic E-state index is 10.4. The molecule has 3 aromatic rings. The summed E-state index contributed by atoms with van der Waals surface area (Å²) in [7, 11) is 0. The molecule has 2 heteroatoms. The summed E-state index contributed by atoms with van der Waals surface area (Å²) in [6, 6.07) is 33.3. The molecule has 0 unspecified atom stereocenters. The second kappa shape index (κ2) is 10.6. The first-order chi connectivity index (χ1) is 14.8. The lowest BCUT2D eigenvalue weighted by atomic mass is 9.99. The van der Waals surface area contributed by atoms with Gasteiger partial charge in [0.2, 0.25) is 0 Å². The fraction of sp³-hybridized carbons (Fsp3) is 0.357. The quantitative estimate of drug-likeness (QED) is 0.490. The van der Waals surface area contributed by atoms with E-state index in [1.807, 2.05) is 0 Å². The highest BCUT2D eigenvalue weighted by molar-refractivity contribution is 5.21. The van der Waals surface area contributed by atoms with Crippen LogP contribution in [0.15, 0.2) is 91.0 Å². The van der Waals surface area contributed by atoms with Crippen LogP contribution in [0, 0.1) is 0 Å². The normalized spacial score (nSPS) is 20.3. The second-order valence-corrected chi connectivity index (χ2v) is 8.49. The van der Waals surface area contributed by atoms with Gasteiger partial charge < -0.3 is 5.11 Å². The summed E-state index contributed by atoms with van der Waals surface area (Å²) in [5.74, 6) is 0. The molecule has 1 N–H and O–H groups in total. The van der Waals surface area contributed by atoms with Crippen LogP contribution in [0.4, 0.5) is 0 Å². The zero-order valence-electron chi connectivity index (χ0n) is 17.7. The molecule has 0 aliphatic carbocycles. The maximum atomic E-state index is 10.4. The average molecular weight is 400 g/mol. The van der Waals surface area contributed by atoms with E-state index in [9.17, 15) is 5.11 Å². The standard InChI is InChI=1S/C28H33NO/c30-22-28(25-14-8-3-9-15-25)29-26(18-16-23-10-4-1-5-11-23)20-21-27(29)19-17-24-12-6-2-7-13-24/h1-15,26-28,30H,16-22H2/t26-,27+,28-/m0/s1. The summed E-state index contributed by atoms with van der Waals surface area (Å²) >= 11 is 0. The molecule has 1 aliphatic rings. The van der Waals surface area contributed by atoms with E-state index in [0.717, 1.165) is 25.7 Å². The fourth-order valence-corrected chi connectivity index (χ4v) is 5.08. The van der Waals surface area contributed by atoms with Crippen molar-refractivity contribution in [2.24, 2.45) is 0 Å². The smallest absolute Gasteiger partial charge is 0.0628 e. The van der Waals surface area contributed by atoms with Crippen molar-refractivity contribution in [2.45, 2.75) is 56.7 Å². The van der Waals surface area contributed by atoms with E-state index in [1.165, 1.54) is 29.5 Å². The Morgan fingerprint density at radius 3 is 1.53 bits per heavy atom. The predicted octanol–water partition coefficient (Wildman–Crippen LogP) is 5.82. The average Bonchev–Trinajstić information content (AvgIpc) is 3.21. The molecule has 0 saturated carbocycles. The van der Waals surface area contributed by atoms with Gasteiger partial charge in [-0.25, -0.2) is 0 Å².